The molecule has 1 N–H and O–H groups in total. The van der Waals surface area contributed by atoms with Gasteiger partial charge in [0, 0.05) is 20.5 Å². The minimum Gasteiger partial charge on any atom is -0.497 e. The molecule has 0 saturated carbocycles. The van der Waals surface area contributed by atoms with Gasteiger partial charge in [-0.25, -0.2) is 0 Å². The highest BCUT2D eigenvalue weighted by Gasteiger charge is 2.31. The van der Waals surface area contributed by atoms with Crippen molar-refractivity contribution in [1.82, 2.24) is 0 Å². The molecule has 7 heteroatoms. The molecule has 0 aliphatic heterocycles. The number of halogens is 3. The monoisotopic (exact) mass is 366 g/mol. The van der Waals surface area contributed by atoms with Gasteiger partial charge in [-0.05, 0) is 42.3 Å². The molecule has 2 rings (SSSR count). The van der Waals surface area contributed by atoms with E-state index in [0.717, 1.165) is 17.7 Å². The van der Waals surface area contributed by atoms with Crippen molar-refractivity contribution in [2.45, 2.75) is 19.0 Å². The van der Waals surface area contributed by atoms with Gasteiger partial charge in [0.1, 0.15) is 5.75 Å². The van der Waals surface area contributed by atoms with Gasteiger partial charge in [0.15, 0.2) is 0 Å². The van der Waals surface area contributed by atoms with Crippen molar-refractivity contribution in [3.05, 3.63) is 53.6 Å². The number of anilines is 2. The topological polar surface area (TPSA) is 41.6 Å². The normalized spacial score (nSPS) is 11.2. The Hall–Kier alpha value is -2.70. The van der Waals surface area contributed by atoms with E-state index in [1.807, 2.05) is 18.2 Å². The lowest BCUT2D eigenvalue weighted by Gasteiger charge is -2.20. The Morgan fingerprint density at radius 2 is 1.88 bits per heavy atom. The number of aryl methyl sites for hydroxylation is 1. The molecule has 0 aliphatic rings. The predicted molar refractivity (Wildman–Crippen MR) is 95.7 cm³/mol. The molecule has 0 fully saturated rings. The molecule has 1 amide bonds. The van der Waals surface area contributed by atoms with Crippen LogP contribution < -0.4 is 15.0 Å². The van der Waals surface area contributed by atoms with Crippen LogP contribution in [-0.2, 0) is 17.4 Å². The fraction of sp³-hybridized carbons (Fsp3) is 0.316. The SMILES string of the molecule is COc1cccc(CCC(=O)Nc2cc(C(F)(F)F)ccc2N(C)C)c1. The van der Waals surface area contributed by atoms with Crippen molar-refractivity contribution in [2.75, 3.05) is 31.4 Å². The number of amides is 1. The zero-order valence-electron chi connectivity index (χ0n) is 14.9. The highest BCUT2D eigenvalue weighted by atomic mass is 19.4. The number of alkyl halides is 3. The molecule has 26 heavy (non-hydrogen) atoms. The Morgan fingerprint density at radius 1 is 1.15 bits per heavy atom. The number of carbonyl (C=O) groups excluding carboxylic acids is 1. The van der Waals surface area contributed by atoms with E-state index in [2.05, 4.69) is 5.32 Å². The summed E-state index contributed by atoms with van der Waals surface area (Å²) in [6.45, 7) is 0. The van der Waals surface area contributed by atoms with Gasteiger partial charge in [-0.15, -0.1) is 0 Å². The minimum absolute atomic E-state index is 0.139. The van der Waals surface area contributed by atoms with E-state index in [1.165, 1.54) is 6.07 Å². The zero-order chi connectivity index (χ0) is 19.3. The zero-order valence-corrected chi connectivity index (χ0v) is 14.9. The molecule has 0 bridgehead atoms. The third-order valence-corrected chi connectivity index (χ3v) is 3.85. The van der Waals surface area contributed by atoms with Crippen LogP contribution in [-0.4, -0.2) is 27.1 Å². The van der Waals surface area contributed by atoms with Gasteiger partial charge in [-0.1, -0.05) is 12.1 Å². The molecular formula is C19H21F3N2O2. The lowest BCUT2D eigenvalue weighted by molar-refractivity contribution is -0.137. The average molecular weight is 366 g/mol. The lowest BCUT2D eigenvalue weighted by Crippen LogP contribution is -2.18. The van der Waals surface area contributed by atoms with Gasteiger partial charge in [-0.2, -0.15) is 13.2 Å². The van der Waals surface area contributed by atoms with Crippen LogP contribution in [0.3, 0.4) is 0 Å². The van der Waals surface area contributed by atoms with Gasteiger partial charge in [0.05, 0.1) is 24.0 Å². The summed E-state index contributed by atoms with van der Waals surface area (Å²) in [7, 11) is 4.96. The van der Waals surface area contributed by atoms with Crippen molar-refractivity contribution < 1.29 is 22.7 Å². The molecule has 0 spiro atoms. The van der Waals surface area contributed by atoms with Crippen LogP contribution in [0, 0.1) is 0 Å². The standard InChI is InChI=1S/C19H21F3N2O2/c1-24(2)17-9-8-14(19(20,21)22)12-16(17)23-18(25)10-7-13-5-4-6-15(11-13)26-3/h4-6,8-9,11-12H,7,10H2,1-3H3,(H,23,25). The minimum atomic E-state index is -4.47. The quantitative estimate of drug-likeness (QED) is 0.826. The summed E-state index contributed by atoms with van der Waals surface area (Å²) in [6.07, 6.45) is -3.86. The molecule has 0 aromatic heterocycles. The summed E-state index contributed by atoms with van der Waals surface area (Å²) in [5, 5.41) is 2.59. The van der Waals surface area contributed by atoms with Crippen LogP contribution in [0.15, 0.2) is 42.5 Å². The number of carbonyl (C=O) groups is 1. The predicted octanol–water partition coefficient (Wildman–Crippen LogP) is 4.35. The van der Waals surface area contributed by atoms with Gasteiger partial charge in [0.25, 0.3) is 0 Å². The van der Waals surface area contributed by atoms with Gasteiger partial charge in [-0.3, -0.25) is 4.79 Å². The smallest absolute Gasteiger partial charge is 0.416 e. The van der Waals surface area contributed by atoms with Crippen molar-refractivity contribution >= 4 is 17.3 Å². The first-order valence-corrected chi connectivity index (χ1v) is 8.02. The van der Waals surface area contributed by atoms with Crippen LogP contribution in [0.1, 0.15) is 17.5 Å². The summed E-state index contributed by atoms with van der Waals surface area (Å²) in [5.74, 6) is 0.339. The van der Waals surface area contributed by atoms with Crippen molar-refractivity contribution in [1.29, 1.82) is 0 Å². The maximum atomic E-state index is 12.9. The molecule has 140 valence electrons. The van der Waals surface area contributed by atoms with Crippen LogP contribution in [0.2, 0.25) is 0 Å². The summed E-state index contributed by atoms with van der Waals surface area (Å²) in [6, 6.07) is 10.6. The molecule has 0 saturated heterocycles. The van der Waals surface area contributed by atoms with E-state index in [4.69, 9.17) is 4.74 Å². The van der Waals surface area contributed by atoms with Crippen LogP contribution in [0.25, 0.3) is 0 Å². The highest BCUT2D eigenvalue weighted by molar-refractivity contribution is 5.94. The van der Waals surface area contributed by atoms with Crippen LogP contribution in [0.5, 0.6) is 5.75 Å². The molecule has 0 aliphatic carbocycles. The van der Waals surface area contributed by atoms with E-state index in [1.54, 1.807) is 32.2 Å². The molecule has 4 nitrogen and oxygen atoms in total. The number of ether oxygens (including phenoxy) is 1. The molecule has 0 radical (unpaired) electrons. The summed E-state index contributed by atoms with van der Waals surface area (Å²) in [4.78, 5) is 13.9. The van der Waals surface area contributed by atoms with Crippen molar-refractivity contribution in [3.8, 4) is 5.75 Å². The first-order chi connectivity index (χ1) is 12.2. The van der Waals surface area contributed by atoms with Gasteiger partial charge in [0.2, 0.25) is 5.91 Å². The Labute approximate surface area is 150 Å². The first kappa shape index (κ1) is 19.6. The second kappa shape index (κ2) is 8.12. The van der Waals surface area contributed by atoms with Gasteiger partial charge >= 0.3 is 6.18 Å². The number of methoxy groups -OCH3 is 1. The summed E-state index contributed by atoms with van der Waals surface area (Å²) >= 11 is 0. The fourth-order valence-electron chi connectivity index (χ4n) is 2.50. The molecule has 0 atom stereocenters. The number of rotatable bonds is 6. The summed E-state index contributed by atoms with van der Waals surface area (Å²) in [5.41, 5.74) is 0.760. The third-order valence-electron chi connectivity index (χ3n) is 3.85. The Kier molecular flexibility index (Phi) is 6.13. The third kappa shape index (κ3) is 5.15. The van der Waals surface area contributed by atoms with E-state index >= 15 is 0 Å². The summed E-state index contributed by atoms with van der Waals surface area (Å²) < 4.78 is 44.0. The van der Waals surface area contributed by atoms with Crippen molar-refractivity contribution in [3.63, 3.8) is 0 Å². The average Bonchev–Trinajstić information content (AvgIpc) is 2.59. The van der Waals surface area contributed by atoms with E-state index in [-0.39, 0.29) is 18.0 Å². The molecule has 0 heterocycles. The number of nitrogens with zero attached hydrogens (tertiary/aromatic N) is 1. The molecule has 2 aromatic rings. The second-order valence-electron chi connectivity index (χ2n) is 6.02. The highest BCUT2D eigenvalue weighted by Crippen LogP contribution is 2.35. The molecule has 0 unspecified atom stereocenters. The maximum absolute atomic E-state index is 12.9. The largest absolute Gasteiger partial charge is 0.497 e. The number of hydrogen-bond acceptors (Lipinski definition) is 3. The Bertz CT molecular complexity index is 774. The van der Waals surface area contributed by atoms with E-state index in [9.17, 15) is 18.0 Å². The number of nitrogens with one attached hydrogen (secondary N) is 1. The molecule has 2 aromatic carbocycles. The van der Waals surface area contributed by atoms with E-state index in [0.29, 0.717) is 17.9 Å². The first-order valence-electron chi connectivity index (χ1n) is 8.02. The van der Waals surface area contributed by atoms with Gasteiger partial charge < -0.3 is 15.0 Å². The van der Waals surface area contributed by atoms with E-state index < -0.39 is 11.7 Å². The second-order valence-corrected chi connectivity index (χ2v) is 6.02. The van der Waals surface area contributed by atoms with Crippen LogP contribution >= 0.6 is 0 Å². The fourth-order valence-corrected chi connectivity index (χ4v) is 2.50. The Balaban J connectivity index is 2.11. The molecular weight excluding hydrogens is 345 g/mol. The number of hydrogen-bond donors (Lipinski definition) is 1. The Morgan fingerprint density at radius 3 is 2.50 bits per heavy atom. The number of benzene rings is 2. The van der Waals surface area contributed by atoms with Crippen molar-refractivity contribution in [2.24, 2.45) is 0 Å². The van der Waals surface area contributed by atoms with Crippen LogP contribution in [0.4, 0.5) is 24.5 Å². The lowest BCUT2D eigenvalue weighted by atomic mass is 10.1. The maximum Gasteiger partial charge on any atom is 0.416 e.